The van der Waals surface area contributed by atoms with E-state index in [0.29, 0.717) is 4.47 Å². The third kappa shape index (κ3) is 3.70. The van der Waals surface area contributed by atoms with E-state index in [0.717, 1.165) is 0 Å². The lowest BCUT2D eigenvalue weighted by Gasteiger charge is -2.10. The number of benzene rings is 1. The van der Waals surface area contributed by atoms with Crippen LogP contribution >= 0.6 is 27.5 Å². The molecule has 1 aromatic rings. The zero-order chi connectivity index (χ0) is 13.1. The lowest BCUT2D eigenvalue weighted by atomic mass is 10.2. The van der Waals surface area contributed by atoms with Gasteiger partial charge in [-0.2, -0.15) is 5.26 Å². The quantitative estimate of drug-likeness (QED) is 0.794. The van der Waals surface area contributed by atoms with Gasteiger partial charge in [0.1, 0.15) is 6.07 Å². The average Bonchev–Trinajstić information content (AvgIpc) is 2.27. The van der Waals surface area contributed by atoms with E-state index >= 15 is 0 Å². The molecule has 1 atom stereocenters. The molecule has 0 saturated heterocycles. The number of nitriles is 1. The van der Waals surface area contributed by atoms with E-state index in [-0.39, 0.29) is 28.0 Å². The van der Waals surface area contributed by atoms with Gasteiger partial charge in [0.15, 0.2) is 9.84 Å². The maximum absolute atomic E-state index is 12.1. The van der Waals surface area contributed by atoms with Crippen LogP contribution in [0.5, 0.6) is 0 Å². The van der Waals surface area contributed by atoms with Gasteiger partial charge in [0.05, 0.1) is 16.2 Å². The van der Waals surface area contributed by atoms with Crippen molar-refractivity contribution >= 4 is 37.4 Å². The fourth-order valence-electron chi connectivity index (χ4n) is 1.37. The van der Waals surface area contributed by atoms with E-state index in [9.17, 15) is 8.42 Å². The minimum absolute atomic E-state index is 0.0488. The van der Waals surface area contributed by atoms with Crippen molar-refractivity contribution in [3.8, 4) is 6.07 Å². The first-order chi connectivity index (χ1) is 7.90. The molecule has 17 heavy (non-hydrogen) atoms. The molecule has 0 aliphatic heterocycles. The lowest BCUT2D eigenvalue weighted by molar-refractivity contribution is 0.583. The van der Waals surface area contributed by atoms with E-state index < -0.39 is 9.84 Å². The summed E-state index contributed by atoms with van der Waals surface area (Å²) < 4.78 is 24.8. The summed E-state index contributed by atoms with van der Waals surface area (Å²) in [6.07, 6.45) is 0. The second-order valence-corrected chi connectivity index (χ2v) is 7.02. The molecule has 0 saturated carbocycles. The van der Waals surface area contributed by atoms with Crippen molar-refractivity contribution in [1.29, 1.82) is 5.26 Å². The highest BCUT2D eigenvalue weighted by molar-refractivity contribution is 9.10. The Hall–Kier alpha value is -0.570. The first-order valence-electron chi connectivity index (χ1n) is 4.89. The molecule has 0 N–H and O–H groups in total. The van der Waals surface area contributed by atoms with Gasteiger partial charge >= 0.3 is 0 Å². The van der Waals surface area contributed by atoms with Crippen LogP contribution in [-0.2, 0) is 9.84 Å². The monoisotopic (exact) mass is 335 g/mol. The Morgan fingerprint density at radius 3 is 2.71 bits per heavy atom. The van der Waals surface area contributed by atoms with E-state index in [4.69, 9.17) is 16.9 Å². The van der Waals surface area contributed by atoms with Crippen LogP contribution in [0.4, 0.5) is 0 Å². The molecule has 0 spiro atoms. The molecule has 3 nitrogen and oxygen atoms in total. The van der Waals surface area contributed by atoms with Crippen molar-refractivity contribution in [3.05, 3.63) is 28.2 Å². The van der Waals surface area contributed by atoms with Crippen LogP contribution < -0.4 is 0 Å². The molecule has 0 bridgehead atoms. The summed E-state index contributed by atoms with van der Waals surface area (Å²) in [7, 11) is -3.46. The van der Waals surface area contributed by atoms with Gasteiger partial charge in [0.25, 0.3) is 0 Å². The van der Waals surface area contributed by atoms with E-state index in [1.807, 2.05) is 6.07 Å². The first-order valence-corrected chi connectivity index (χ1v) is 7.87. The molecule has 1 unspecified atom stereocenters. The highest BCUT2D eigenvalue weighted by atomic mass is 79.9. The normalized spacial score (nSPS) is 13.1. The van der Waals surface area contributed by atoms with Gasteiger partial charge < -0.3 is 0 Å². The second kappa shape index (κ2) is 5.85. The van der Waals surface area contributed by atoms with Crippen LogP contribution in [0.25, 0.3) is 0 Å². The number of hydrogen-bond donors (Lipinski definition) is 0. The van der Waals surface area contributed by atoms with Crippen LogP contribution in [-0.4, -0.2) is 20.1 Å². The van der Waals surface area contributed by atoms with E-state index in [2.05, 4.69) is 15.9 Å². The summed E-state index contributed by atoms with van der Waals surface area (Å²) in [5.74, 6) is 0.0848. The maximum atomic E-state index is 12.1. The molecule has 92 valence electrons. The SMILES string of the molecule is CC(CCl)CS(=O)(=O)c1ccc(Br)cc1C#N. The molecule has 6 heteroatoms. The van der Waals surface area contributed by atoms with Gasteiger partial charge in [-0.1, -0.05) is 22.9 Å². The zero-order valence-electron chi connectivity index (χ0n) is 9.15. The Balaban J connectivity index is 3.21. The Kier molecular flexibility index (Phi) is 4.99. The second-order valence-electron chi connectivity index (χ2n) is 3.79. The standard InChI is InChI=1S/C11H11BrClNO2S/c1-8(5-13)7-17(15,16)11-3-2-10(12)4-9(11)6-14/h2-4,8H,5,7H2,1H3. The average molecular weight is 337 g/mol. The Morgan fingerprint density at radius 2 is 2.18 bits per heavy atom. The van der Waals surface area contributed by atoms with Crippen molar-refractivity contribution < 1.29 is 8.42 Å². The smallest absolute Gasteiger partial charge is 0.179 e. The molecule has 0 heterocycles. The molecule has 1 rings (SSSR count). The van der Waals surface area contributed by atoms with Gasteiger partial charge in [0.2, 0.25) is 0 Å². The third-order valence-electron chi connectivity index (χ3n) is 2.16. The van der Waals surface area contributed by atoms with Crippen molar-refractivity contribution in [2.45, 2.75) is 11.8 Å². The zero-order valence-corrected chi connectivity index (χ0v) is 12.3. The van der Waals surface area contributed by atoms with Gasteiger partial charge in [-0.3, -0.25) is 0 Å². The van der Waals surface area contributed by atoms with Crippen LogP contribution in [0.15, 0.2) is 27.6 Å². The van der Waals surface area contributed by atoms with Crippen LogP contribution in [0.3, 0.4) is 0 Å². The van der Waals surface area contributed by atoms with Gasteiger partial charge in [-0.15, -0.1) is 11.6 Å². The first kappa shape index (κ1) is 14.5. The number of hydrogen-bond acceptors (Lipinski definition) is 3. The maximum Gasteiger partial charge on any atom is 0.179 e. The summed E-state index contributed by atoms with van der Waals surface area (Å²) in [4.78, 5) is 0.0696. The fraction of sp³-hybridized carbons (Fsp3) is 0.364. The summed E-state index contributed by atoms with van der Waals surface area (Å²) in [6, 6.07) is 6.44. The number of alkyl halides is 1. The van der Waals surface area contributed by atoms with E-state index in [1.165, 1.54) is 12.1 Å². The highest BCUT2D eigenvalue weighted by Crippen LogP contribution is 2.22. The molecule has 0 fully saturated rings. The summed E-state index contributed by atoms with van der Waals surface area (Å²) >= 11 is 8.81. The Labute approximate surface area is 114 Å². The van der Waals surface area contributed by atoms with Crippen LogP contribution in [0, 0.1) is 17.2 Å². The third-order valence-corrected chi connectivity index (χ3v) is 5.22. The lowest BCUT2D eigenvalue weighted by Crippen LogP contribution is -2.16. The number of nitrogens with zero attached hydrogens (tertiary/aromatic N) is 1. The van der Waals surface area contributed by atoms with Crippen molar-refractivity contribution in [1.82, 2.24) is 0 Å². The molecule has 0 aliphatic carbocycles. The number of rotatable bonds is 4. The van der Waals surface area contributed by atoms with Crippen LogP contribution in [0.1, 0.15) is 12.5 Å². The summed E-state index contributed by atoms with van der Waals surface area (Å²) in [6.45, 7) is 1.76. The predicted molar refractivity (Wildman–Crippen MR) is 70.8 cm³/mol. The van der Waals surface area contributed by atoms with Gasteiger partial charge in [-0.05, 0) is 24.1 Å². The molecule has 0 aliphatic rings. The molecule has 1 aromatic carbocycles. The van der Waals surface area contributed by atoms with Crippen LogP contribution in [0.2, 0.25) is 0 Å². The van der Waals surface area contributed by atoms with Crippen molar-refractivity contribution in [2.24, 2.45) is 5.92 Å². The van der Waals surface area contributed by atoms with Gasteiger partial charge in [-0.25, -0.2) is 8.42 Å². The van der Waals surface area contributed by atoms with Crippen molar-refractivity contribution in [2.75, 3.05) is 11.6 Å². The largest absolute Gasteiger partial charge is 0.224 e. The predicted octanol–water partition coefficient (Wildman–Crippen LogP) is 2.97. The Morgan fingerprint density at radius 1 is 1.53 bits per heavy atom. The van der Waals surface area contributed by atoms with E-state index in [1.54, 1.807) is 13.0 Å². The fourth-order valence-corrected chi connectivity index (χ4v) is 3.73. The summed E-state index contributed by atoms with van der Waals surface area (Å²) in [5.41, 5.74) is 0.154. The molecule has 0 radical (unpaired) electrons. The Bertz CT molecular complexity index is 551. The number of sulfone groups is 1. The molecule has 0 amide bonds. The molecule has 0 aromatic heterocycles. The summed E-state index contributed by atoms with van der Waals surface area (Å²) in [5, 5.41) is 8.94. The molecular weight excluding hydrogens is 326 g/mol. The van der Waals surface area contributed by atoms with Crippen molar-refractivity contribution in [3.63, 3.8) is 0 Å². The highest BCUT2D eigenvalue weighted by Gasteiger charge is 2.21. The minimum Gasteiger partial charge on any atom is -0.224 e. The number of halogens is 2. The minimum atomic E-state index is -3.46. The topological polar surface area (TPSA) is 57.9 Å². The van der Waals surface area contributed by atoms with Gasteiger partial charge in [0, 0.05) is 10.4 Å². The molecular formula is C11H11BrClNO2S.